The Balaban J connectivity index is 0. The summed E-state index contributed by atoms with van der Waals surface area (Å²) in [5, 5.41) is 9.10. The molecular weight excluding hydrogens is 135 g/mol. The van der Waals surface area contributed by atoms with E-state index in [2.05, 4.69) is 0 Å². The number of hydrogen-bond acceptors (Lipinski definition) is 1. The van der Waals surface area contributed by atoms with Crippen molar-refractivity contribution >= 4 is 0 Å². The van der Waals surface area contributed by atoms with Gasteiger partial charge in [0, 0.05) is 0 Å². The van der Waals surface area contributed by atoms with Crippen molar-refractivity contribution < 1.29 is 36.1 Å². The predicted molar refractivity (Wildman–Crippen MR) is 38.7 cm³/mol. The first-order valence-electron chi connectivity index (χ1n) is 2.97. The van der Waals surface area contributed by atoms with Gasteiger partial charge in [-0.1, -0.05) is 12.1 Å². The fourth-order valence-corrected chi connectivity index (χ4v) is 0.736. The van der Waals surface area contributed by atoms with Crippen LogP contribution >= 0.6 is 0 Å². The van der Waals surface area contributed by atoms with E-state index in [-0.39, 0.29) is 31.0 Å². The van der Waals surface area contributed by atoms with E-state index in [0.717, 1.165) is 11.1 Å². The van der Waals surface area contributed by atoms with Gasteiger partial charge in [0.05, 0.1) is 0 Å². The molecule has 0 saturated heterocycles. The summed E-state index contributed by atoms with van der Waals surface area (Å²) in [6.07, 6.45) is 0. The Labute approximate surface area is 84.9 Å². The molecule has 1 aromatic rings. The van der Waals surface area contributed by atoms with E-state index in [1.807, 2.05) is 26.0 Å². The molecule has 0 saturated carbocycles. The molecule has 0 spiro atoms. The molecular formula is C8H11NaO. The van der Waals surface area contributed by atoms with Crippen LogP contribution < -0.4 is 29.6 Å². The van der Waals surface area contributed by atoms with Crippen LogP contribution in [-0.2, 0) is 0 Å². The van der Waals surface area contributed by atoms with E-state index in [1.54, 1.807) is 6.07 Å². The fraction of sp³-hybridized carbons (Fsp3) is 0.250. The third-order valence-corrected chi connectivity index (χ3v) is 1.58. The Hall–Kier alpha value is 0.0200. The molecule has 0 radical (unpaired) electrons. The molecule has 0 amide bonds. The van der Waals surface area contributed by atoms with Gasteiger partial charge in [-0.15, -0.1) is 0 Å². The second-order valence-electron chi connectivity index (χ2n) is 2.22. The van der Waals surface area contributed by atoms with Gasteiger partial charge in [0.1, 0.15) is 5.75 Å². The van der Waals surface area contributed by atoms with Crippen LogP contribution in [0.15, 0.2) is 18.2 Å². The molecule has 10 heavy (non-hydrogen) atoms. The van der Waals surface area contributed by atoms with Crippen LogP contribution in [0.2, 0.25) is 0 Å². The molecule has 0 aliphatic heterocycles. The molecule has 0 heterocycles. The smallest absolute Gasteiger partial charge is 1.00 e. The van der Waals surface area contributed by atoms with Crippen molar-refractivity contribution in [2.24, 2.45) is 0 Å². The van der Waals surface area contributed by atoms with Crippen molar-refractivity contribution in [2.75, 3.05) is 0 Å². The van der Waals surface area contributed by atoms with Crippen LogP contribution in [0.4, 0.5) is 0 Å². The third kappa shape index (κ3) is 2.01. The van der Waals surface area contributed by atoms with Crippen LogP contribution in [0.5, 0.6) is 5.75 Å². The minimum Gasteiger partial charge on any atom is -1.00 e. The summed E-state index contributed by atoms with van der Waals surface area (Å²) < 4.78 is 0. The zero-order valence-corrected chi connectivity index (χ0v) is 8.68. The standard InChI is InChI=1S/C8H10O.Na.H/c1-6-4-3-5-8(9)7(6)2;;/h3-5,9H,1-2H3;;/q;+1;-1. The number of rotatable bonds is 0. The second-order valence-corrected chi connectivity index (χ2v) is 2.22. The average Bonchev–Trinajstić information content (AvgIpc) is 1.83. The van der Waals surface area contributed by atoms with Gasteiger partial charge in [-0.2, -0.15) is 0 Å². The molecule has 0 atom stereocenters. The van der Waals surface area contributed by atoms with Crippen LogP contribution in [0.25, 0.3) is 0 Å². The van der Waals surface area contributed by atoms with Gasteiger partial charge in [0.25, 0.3) is 0 Å². The van der Waals surface area contributed by atoms with Crippen LogP contribution in [-0.4, -0.2) is 5.11 Å². The summed E-state index contributed by atoms with van der Waals surface area (Å²) in [5.41, 5.74) is 2.10. The van der Waals surface area contributed by atoms with Gasteiger partial charge in [-0.25, -0.2) is 0 Å². The molecule has 0 unspecified atom stereocenters. The van der Waals surface area contributed by atoms with Crippen LogP contribution in [0.1, 0.15) is 12.6 Å². The van der Waals surface area contributed by atoms with Gasteiger partial charge in [-0.05, 0) is 31.0 Å². The fourth-order valence-electron chi connectivity index (χ4n) is 0.736. The maximum Gasteiger partial charge on any atom is 1.00 e. The van der Waals surface area contributed by atoms with Crippen molar-refractivity contribution in [3.8, 4) is 5.75 Å². The SMILES string of the molecule is Cc1cccc(O)c1C.[H-].[Na+]. The van der Waals surface area contributed by atoms with Gasteiger partial charge >= 0.3 is 29.6 Å². The van der Waals surface area contributed by atoms with Gasteiger partial charge in [0.2, 0.25) is 0 Å². The molecule has 0 bridgehead atoms. The predicted octanol–water partition coefficient (Wildman–Crippen LogP) is -0.874. The van der Waals surface area contributed by atoms with Crippen molar-refractivity contribution in [3.63, 3.8) is 0 Å². The topological polar surface area (TPSA) is 20.2 Å². The van der Waals surface area contributed by atoms with E-state index in [1.165, 1.54) is 0 Å². The van der Waals surface area contributed by atoms with Crippen molar-refractivity contribution in [2.45, 2.75) is 13.8 Å². The van der Waals surface area contributed by atoms with E-state index >= 15 is 0 Å². The summed E-state index contributed by atoms with van der Waals surface area (Å²) in [5.74, 6) is 0.384. The molecule has 1 aromatic carbocycles. The minimum absolute atomic E-state index is 0. The molecule has 1 rings (SSSR count). The molecule has 0 aliphatic rings. The van der Waals surface area contributed by atoms with Gasteiger partial charge < -0.3 is 6.53 Å². The van der Waals surface area contributed by atoms with E-state index < -0.39 is 0 Å². The summed E-state index contributed by atoms with van der Waals surface area (Å²) in [6.45, 7) is 3.89. The zero-order valence-electron chi connectivity index (χ0n) is 7.68. The Morgan fingerprint density at radius 2 is 1.90 bits per heavy atom. The molecule has 50 valence electrons. The van der Waals surface area contributed by atoms with E-state index in [0.29, 0.717) is 5.75 Å². The van der Waals surface area contributed by atoms with Crippen LogP contribution in [0, 0.1) is 13.8 Å². The Bertz CT molecular complexity index is 205. The first-order chi connectivity index (χ1) is 4.22. The van der Waals surface area contributed by atoms with E-state index in [4.69, 9.17) is 5.11 Å². The maximum absolute atomic E-state index is 9.10. The Morgan fingerprint density at radius 3 is 2.30 bits per heavy atom. The average molecular weight is 146 g/mol. The number of benzene rings is 1. The summed E-state index contributed by atoms with van der Waals surface area (Å²) in [6, 6.07) is 5.52. The number of aromatic hydroxyl groups is 1. The molecule has 0 aromatic heterocycles. The molecule has 1 N–H and O–H groups in total. The number of aryl methyl sites for hydroxylation is 1. The van der Waals surface area contributed by atoms with Crippen LogP contribution in [0.3, 0.4) is 0 Å². The first-order valence-corrected chi connectivity index (χ1v) is 2.97. The summed E-state index contributed by atoms with van der Waals surface area (Å²) >= 11 is 0. The van der Waals surface area contributed by atoms with Crippen molar-refractivity contribution in [1.29, 1.82) is 0 Å². The molecule has 2 heteroatoms. The Morgan fingerprint density at radius 1 is 1.30 bits per heavy atom. The quantitative estimate of drug-likeness (QED) is 0.471. The summed E-state index contributed by atoms with van der Waals surface area (Å²) in [4.78, 5) is 0. The van der Waals surface area contributed by atoms with Gasteiger partial charge in [-0.3, -0.25) is 0 Å². The minimum atomic E-state index is 0. The largest absolute Gasteiger partial charge is 1.00 e. The molecule has 1 nitrogen and oxygen atoms in total. The van der Waals surface area contributed by atoms with Crippen molar-refractivity contribution in [3.05, 3.63) is 29.3 Å². The number of phenolic OH excluding ortho intramolecular Hbond substituents is 1. The summed E-state index contributed by atoms with van der Waals surface area (Å²) in [7, 11) is 0. The monoisotopic (exact) mass is 146 g/mol. The second kappa shape index (κ2) is 4.02. The number of phenols is 1. The molecule has 0 fully saturated rings. The first kappa shape index (κ1) is 10.0. The maximum atomic E-state index is 9.10. The molecule has 0 aliphatic carbocycles. The van der Waals surface area contributed by atoms with Crippen molar-refractivity contribution in [1.82, 2.24) is 0 Å². The number of hydrogen-bond donors (Lipinski definition) is 1. The van der Waals surface area contributed by atoms with Gasteiger partial charge in [0.15, 0.2) is 0 Å². The Kier molecular flexibility index (Phi) is 4.02. The zero-order chi connectivity index (χ0) is 6.85. The van der Waals surface area contributed by atoms with E-state index in [9.17, 15) is 0 Å². The third-order valence-electron chi connectivity index (χ3n) is 1.58. The normalized spacial score (nSPS) is 8.60.